The molecule has 0 aliphatic rings. The van der Waals surface area contributed by atoms with Crippen LogP contribution in [0.25, 0.3) is 0 Å². The average molecular weight is 169 g/mol. The number of nitrogens with one attached hydrogen (secondary N) is 1. The summed E-state index contributed by atoms with van der Waals surface area (Å²) >= 11 is 0. The average Bonchev–Trinajstić information content (AvgIpc) is 1.87. The molecule has 1 amide bonds. The van der Waals surface area contributed by atoms with E-state index in [1.165, 1.54) is 0 Å². The summed E-state index contributed by atoms with van der Waals surface area (Å²) in [6.45, 7) is 0. The summed E-state index contributed by atoms with van der Waals surface area (Å²) in [5, 5.41) is 0. The van der Waals surface area contributed by atoms with Gasteiger partial charge in [0.1, 0.15) is 0 Å². The number of amides is 1. The van der Waals surface area contributed by atoms with Crippen LogP contribution in [0.3, 0.4) is 0 Å². The molecular formula is C5H6F3NO2. The van der Waals surface area contributed by atoms with E-state index >= 15 is 0 Å². The monoisotopic (exact) mass is 169 g/mol. The SMILES string of the molecule is CONC(=O)CC(F)=C(F)F. The van der Waals surface area contributed by atoms with Crippen molar-refractivity contribution in [2.24, 2.45) is 0 Å². The molecule has 11 heavy (non-hydrogen) atoms. The Balaban J connectivity index is 3.86. The zero-order valence-corrected chi connectivity index (χ0v) is 5.66. The zero-order valence-electron chi connectivity index (χ0n) is 5.66. The van der Waals surface area contributed by atoms with Crippen LogP contribution < -0.4 is 5.48 Å². The highest BCUT2D eigenvalue weighted by atomic mass is 19.3. The minimum Gasteiger partial charge on any atom is -0.277 e. The van der Waals surface area contributed by atoms with Gasteiger partial charge in [0.05, 0.1) is 13.5 Å². The van der Waals surface area contributed by atoms with E-state index in [2.05, 4.69) is 4.84 Å². The summed E-state index contributed by atoms with van der Waals surface area (Å²) in [5.41, 5.74) is 1.68. The normalized spacial score (nSPS) is 9.09. The van der Waals surface area contributed by atoms with Crippen LogP contribution in [0.4, 0.5) is 13.2 Å². The van der Waals surface area contributed by atoms with Crippen molar-refractivity contribution in [2.75, 3.05) is 7.11 Å². The second kappa shape index (κ2) is 4.73. The lowest BCUT2D eigenvalue weighted by atomic mass is 10.4. The van der Waals surface area contributed by atoms with Crippen LogP contribution in [0, 0.1) is 0 Å². The van der Waals surface area contributed by atoms with Gasteiger partial charge in [-0.25, -0.2) is 9.87 Å². The molecule has 64 valence electrons. The second-order valence-corrected chi connectivity index (χ2v) is 1.57. The quantitative estimate of drug-likeness (QED) is 0.643. The van der Waals surface area contributed by atoms with Crippen molar-refractivity contribution >= 4 is 5.91 Å². The zero-order chi connectivity index (χ0) is 8.85. The van der Waals surface area contributed by atoms with Crippen LogP contribution in [-0.4, -0.2) is 13.0 Å². The Morgan fingerprint density at radius 1 is 1.45 bits per heavy atom. The summed E-state index contributed by atoms with van der Waals surface area (Å²) in [5.74, 6) is -2.71. The number of hydrogen-bond acceptors (Lipinski definition) is 2. The van der Waals surface area contributed by atoms with Gasteiger partial charge in [0.15, 0.2) is 5.83 Å². The molecule has 1 N–H and O–H groups in total. The lowest BCUT2D eigenvalue weighted by Crippen LogP contribution is -2.21. The summed E-state index contributed by atoms with van der Waals surface area (Å²) in [6.07, 6.45) is -3.49. The number of halogens is 3. The van der Waals surface area contributed by atoms with Crippen LogP contribution in [0.1, 0.15) is 6.42 Å². The Morgan fingerprint density at radius 3 is 2.36 bits per heavy atom. The van der Waals surface area contributed by atoms with E-state index < -0.39 is 24.2 Å². The molecule has 0 radical (unpaired) electrons. The van der Waals surface area contributed by atoms with Gasteiger partial charge in [0.2, 0.25) is 0 Å². The van der Waals surface area contributed by atoms with Gasteiger partial charge in [-0.05, 0) is 0 Å². The molecule has 0 unspecified atom stereocenters. The molecule has 0 saturated carbocycles. The number of rotatable bonds is 3. The largest absolute Gasteiger partial charge is 0.302 e. The first-order valence-corrected chi connectivity index (χ1v) is 2.59. The minimum atomic E-state index is -2.49. The van der Waals surface area contributed by atoms with Gasteiger partial charge in [-0.2, -0.15) is 8.78 Å². The minimum absolute atomic E-state index is 0.960. The van der Waals surface area contributed by atoms with Gasteiger partial charge < -0.3 is 0 Å². The van der Waals surface area contributed by atoms with E-state index in [1.807, 2.05) is 0 Å². The smallest absolute Gasteiger partial charge is 0.277 e. The molecule has 0 rings (SSSR count). The molecule has 0 atom stereocenters. The fraction of sp³-hybridized carbons (Fsp3) is 0.400. The highest BCUT2D eigenvalue weighted by Crippen LogP contribution is 2.12. The van der Waals surface area contributed by atoms with E-state index in [-0.39, 0.29) is 0 Å². The third-order valence-corrected chi connectivity index (χ3v) is 0.737. The molecule has 0 fully saturated rings. The first-order valence-electron chi connectivity index (χ1n) is 2.59. The van der Waals surface area contributed by atoms with E-state index in [4.69, 9.17) is 0 Å². The van der Waals surface area contributed by atoms with Crippen molar-refractivity contribution in [3.05, 3.63) is 11.9 Å². The predicted octanol–water partition coefficient (Wildman–Crippen LogP) is 1.13. The second-order valence-electron chi connectivity index (χ2n) is 1.57. The summed E-state index contributed by atoms with van der Waals surface area (Å²) in [6, 6.07) is 0. The van der Waals surface area contributed by atoms with Gasteiger partial charge >= 0.3 is 6.08 Å². The summed E-state index contributed by atoms with van der Waals surface area (Å²) in [7, 11) is 1.12. The van der Waals surface area contributed by atoms with Crippen LogP contribution in [-0.2, 0) is 9.63 Å². The van der Waals surface area contributed by atoms with Crippen molar-refractivity contribution in [2.45, 2.75) is 6.42 Å². The maximum atomic E-state index is 11.9. The lowest BCUT2D eigenvalue weighted by molar-refractivity contribution is -0.130. The molecule has 0 aliphatic carbocycles. The molecule has 0 spiro atoms. The molecule has 0 aliphatic heterocycles. The molecule has 0 aromatic carbocycles. The summed E-state index contributed by atoms with van der Waals surface area (Å²) < 4.78 is 34.5. The fourth-order valence-corrected chi connectivity index (χ4v) is 0.358. The Hall–Kier alpha value is -1.04. The van der Waals surface area contributed by atoms with Crippen LogP contribution >= 0.6 is 0 Å². The van der Waals surface area contributed by atoms with Crippen molar-refractivity contribution in [1.29, 1.82) is 0 Å². The number of hydroxylamine groups is 1. The van der Waals surface area contributed by atoms with E-state index in [9.17, 15) is 18.0 Å². The first-order chi connectivity index (χ1) is 5.07. The van der Waals surface area contributed by atoms with Gasteiger partial charge in [-0.1, -0.05) is 0 Å². The molecule has 0 heterocycles. The van der Waals surface area contributed by atoms with Crippen molar-refractivity contribution in [1.82, 2.24) is 5.48 Å². The molecular weight excluding hydrogens is 163 g/mol. The van der Waals surface area contributed by atoms with E-state index in [1.54, 1.807) is 5.48 Å². The first kappa shape index (κ1) is 9.96. The molecule has 0 saturated heterocycles. The molecule has 3 nitrogen and oxygen atoms in total. The van der Waals surface area contributed by atoms with Gasteiger partial charge in [0, 0.05) is 0 Å². The number of carbonyl (C=O) groups is 1. The third kappa shape index (κ3) is 4.38. The predicted molar refractivity (Wildman–Crippen MR) is 30.1 cm³/mol. The van der Waals surface area contributed by atoms with Crippen LogP contribution in [0.2, 0.25) is 0 Å². The maximum absolute atomic E-state index is 11.9. The highest BCUT2D eigenvalue weighted by Gasteiger charge is 2.10. The van der Waals surface area contributed by atoms with Gasteiger partial charge in [0.25, 0.3) is 5.91 Å². The Labute approximate surface area is 60.8 Å². The lowest BCUT2D eigenvalue weighted by Gasteiger charge is -1.97. The number of hydrogen-bond donors (Lipinski definition) is 1. The number of carbonyl (C=O) groups excluding carboxylic acids is 1. The Bertz CT molecular complexity index is 177. The third-order valence-electron chi connectivity index (χ3n) is 0.737. The molecule has 6 heteroatoms. The fourth-order valence-electron chi connectivity index (χ4n) is 0.358. The van der Waals surface area contributed by atoms with Gasteiger partial charge in [-0.15, -0.1) is 0 Å². The molecule has 0 aromatic heterocycles. The van der Waals surface area contributed by atoms with Crippen LogP contribution in [0.5, 0.6) is 0 Å². The van der Waals surface area contributed by atoms with Crippen molar-refractivity contribution < 1.29 is 22.8 Å². The standard InChI is InChI=1S/C5H6F3NO2/c1-11-9-4(10)2-3(6)5(7)8/h2H2,1H3,(H,9,10). The van der Waals surface area contributed by atoms with Crippen LogP contribution in [0.15, 0.2) is 11.9 Å². The molecule has 0 bridgehead atoms. The van der Waals surface area contributed by atoms with Crippen molar-refractivity contribution in [3.8, 4) is 0 Å². The Morgan fingerprint density at radius 2 is 2.00 bits per heavy atom. The maximum Gasteiger partial charge on any atom is 0.302 e. The van der Waals surface area contributed by atoms with Crippen molar-refractivity contribution in [3.63, 3.8) is 0 Å². The highest BCUT2D eigenvalue weighted by molar-refractivity contribution is 5.76. The topological polar surface area (TPSA) is 38.3 Å². The summed E-state index contributed by atoms with van der Waals surface area (Å²) in [4.78, 5) is 14.4. The van der Waals surface area contributed by atoms with E-state index in [0.717, 1.165) is 7.11 Å². The van der Waals surface area contributed by atoms with Gasteiger partial charge in [-0.3, -0.25) is 9.63 Å². The van der Waals surface area contributed by atoms with E-state index in [0.29, 0.717) is 0 Å². The Kier molecular flexibility index (Phi) is 4.28. The molecule has 0 aromatic rings.